The van der Waals surface area contributed by atoms with Crippen LogP contribution < -0.4 is 0 Å². The SMILES string of the molecule is Cc1cc2c(cc1Br)C(=O)N([C@H]1CCOC[C@@H]1O)C2. The number of carbonyl (C=O) groups is 1. The van der Waals surface area contributed by atoms with E-state index in [1.165, 1.54) is 0 Å². The van der Waals surface area contributed by atoms with Crippen molar-refractivity contribution in [3.63, 3.8) is 0 Å². The summed E-state index contributed by atoms with van der Waals surface area (Å²) in [5.41, 5.74) is 2.92. The molecule has 0 saturated carbocycles. The van der Waals surface area contributed by atoms with Crippen LogP contribution in [0.5, 0.6) is 0 Å². The largest absolute Gasteiger partial charge is 0.389 e. The Morgan fingerprint density at radius 3 is 3.00 bits per heavy atom. The van der Waals surface area contributed by atoms with Gasteiger partial charge in [0.15, 0.2) is 0 Å². The van der Waals surface area contributed by atoms with Crippen molar-refractivity contribution in [2.45, 2.75) is 32.0 Å². The van der Waals surface area contributed by atoms with Gasteiger partial charge in [-0.2, -0.15) is 0 Å². The van der Waals surface area contributed by atoms with E-state index in [1.807, 2.05) is 19.1 Å². The third kappa shape index (κ3) is 2.20. The van der Waals surface area contributed by atoms with Gasteiger partial charge in [0.1, 0.15) is 0 Å². The van der Waals surface area contributed by atoms with E-state index in [2.05, 4.69) is 15.9 Å². The molecule has 5 heteroatoms. The third-order valence-corrected chi connectivity index (χ3v) is 4.76. The van der Waals surface area contributed by atoms with Crippen LogP contribution in [0.2, 0.25) is 0 Å². The number of ether oxygens (including phenoxy) is 1. The summed E-state index contributed by atoms with van der Waals surface area (Å²) in [4.78, 5) is 14.2. The Labute approximate surface area is 120 Å². The molecule has 0 spiro atoms. The van der Waals surface area contributed by atoms with E-state index in [4.69, 9.17) is 4.74 Å². The summed E-state index contributed by atoms with van der Waals surface area (Å²) < 4.78 is 6.18. The van der Waals surface area contributed by atoms with Gasteiger partial charge in [-0.1, -0.05) is 22.0 Å². The third-order valence-electron chi connectivity index (χ3n) is 3.91. The molecule has 3 rings (SSSR count). The van der Waals surface area contributed by atoms with Crippen molar-refractivity contribution in [3.05, 3.63) is 33.3 Å². The molecular formula is C14H16BrNO3. The van der Waals surface area contributed by atoms with Gasteiger partial charge in [0.05, 0.1) is 18.8 Å². The number of fused-ring (bicyclic) bond motifs is 1. The number of carbonyl (C=O) groups excluding carboxylic acids is 1. The predicted molar refractivity (Wildman–Crippen MR) is 74.0 cm³/mol. The van der Waals surface area contributed by atoms with Gasteiger partial charge in [0.2, 0.25) is 0 Å². The maximum absolute atomic E-state index is 12.5. The van der Waals surface area contributed by atoms with Crippen molar-refractivity contribution in [2.24, 2.45) is 0 Å². The Kier molecular flexibility index (Phi) is 3.37. The van der Waals surface area contributed by atoms with Gasteiger partial charge in [0, 0.05) is 23.2 Å². The van der Waals surface area contributed by atoms with Gasteiger partial charge >= 0.3 is 0 Å². The quantitative estimate of drug-likeness (QED) is 0.857. The molecule has 2 atom stereocenters. The van der Waals surface area contributed by atoms with E-state index < -0.39 is 6.10 Å². The Morgan fingerprint density at radius 2 is 2.26 bits per heavy atom. The summed E-state index contributed by atoms with van der Waals surface area (Å²) in [6.45, 7) is 3.52. The van der Waals surface area contributed by atoms with Crippen molar-refractivity contribution < 1.29 is 14.6 Å². The fourth-order valence-corrected chi connectivity index (χ4v) is 3.17. The van der Waals surface area contributed by atoms with Crippen LogP contribution in [0.4, 0.5) is 0 Å². The summed E-state index contributed by atoms with van der Waals surface area (Å²) in [5.74, 6) is 0.0154. The Bertz CT molecular complexity index is 532. The van der Waals surface area contributed by atoms with Crippen molar-refractivity contribution in [2.75, 3.05) is 13.2 Å². The number of hydrogen-bond acceptors (Lipinski definition) is 3. The number of hydrogen-bond donors (Lipinski definition) is 1. The molecule has 1 N–H and O–H groups in total. The van der Waals surface area contributed by atoms with Crippen LogP contribution in [0.15, 0.2) is 16.6 Å². The van der Waals surface area contributed by atoms with Gasteiger partial charge in [-0.25, -0.2) is 0 Å². The first-order valence-corrected chi connectivity index (χ1v) is 7.23. The fraction of sp³-hybridized carbons (Fsp3) is 0.500. The molecule has 0 radical (unpaired) electrons. The molecule has 0 aromatic heterocycles. The minimum atomic E-state index is -0.587. The van der Waals surface area contributed by atoms with E-state index in [0.717, 1.165) is 21.2 Å². The number of amides is 1. The molecule has 2 heterocycles. The first-order chi connectivity index (χ1) is 9.08. The van der Waals surface area contributed by atoms with Crippen molar-refractivity contribution >= 4 is 21.8 Å². The summed E-state index contributed by atoms with van der Waals surface area (Å²) in [5, 5.41) is 10.0. The van der Waals surface area contributed by atoms with Crippen LogP contribution in [0, 0.1) is 6.92 Å². The minimum absolute atomic E-state index is 0.0154. The first-order valence-electron chi connectivity index (χ1n) is 6.43. The smallest absolute Gasteiger partial charge is 0.254 e. The number of rotatable bonds is 1. The van der Waals surface area contributed by atoms with E-state index in [-0.39, 0.29) is 11.9 Å². The molecule has 1 saturated heterocycles. The highest BCUT2D eigenvalue weighted by Gasteiger charge is 2.37. The molecule has 0 bridgehead atoms. The molecule has 1 aromatic rings. The minimum Gasteiger partial charge on any atom is -0.389 e. The highest BCUT2D eigenvalue weighted by Crippen LogP contribution is 2.31. The predicted octanol–water partition coefficient (Wildman–Crippen LogP) is 1.86. The van der Waals surface area contributed by atoms with Crippen molar-refractivity contribution in [1.29, 1.82) is 0 Å². The second-order valence-corrected chi connectivity index (χ2v) is 6.04. The number of aliphatic hydroxyl groups is 1. The topological polar surface area (TPSA) is 49.8 Å². The highest BCUT2D eigenvalue weighted by atomic mass is 79.9. The Morgan fingerprint density at radius 1 is 1.47 bits per heavy atom. The van der Waals surface area contributed by atoms with Crippen LogP contribution in [-0.4, -0.2) is 41.3 Å². The Hall–Kier alpha value is -0.910. The molecule has 4 nitrogen and oxygen atoms in total. The zero-order chi connectivity index (χ0) is 13.6. The number of nitrogens with zero attached hydrogens (tertiary/aromatic N) is 1. The van der Waals surface area contributed by atoms with Crippen LogP contribution in [0.3, 0.4) is 0 Å². The normalized spacial score (nSPS) is 26.7. The summed E-state index contributed by atoms with van der Waals surface area (Å²) in [6, 6.07) is 3.80. The van der Waals surface area contributed by atoms with Crippen molar-refractivity contribution in [1.82, 2.24) is 4.90 Å². The maximum atomic E-state index is 12.5. The average molecular weight is 326 g/mol. The number of aryl methyl sites for hydroxylation is 1. The van der Waals surface area contributed by atoms with Gasteiger partial charge < -0.3 is 14.7 Å². The Balaban J connectivity index is 1.90. The van der Waals surface area contributed by atoms with E-state index in [9.17, 15) is 9.90 Å². The molecule has 2 aliphatic heterocycles. The molecule has 1 amide bonds. The number of halogens is 1. The average Bonchev–Trinajstić information content (AvgIpc) is 2.68. The van der Waals surface area contributed by atoms with Crippen LogP contribution in [0.1, 0.15) is 27.9 Å². The number of aliphatic hydroxyl groups excluding tert-OH is 1. The summed E-state index contributed by atoms with van der Waals surface area (Å²) in [7, 11) is 0. The van der Waals surface area contributed by atoms with Gasteiger partial charge in [-0.3, -0.25) is 4.79 Å². The van der Waals surface area contributed by atoms with Crippen LogP contribution in [0.25, 0.3) is 0 Å². The molecule has 1 aromatic carbocycles. The monoisotopic (exact) mass is 325 g/mol. The number of benzene rings is 1. The van der Waals surface area contributed by atoms with E-state index in [1.54, 1.807) is 4.90 Å². The lowest BCUT2D eigenvalue weighted by Gasteiger charge is -2.34. The van der Waals surface area contributed by atoms with E-state index >= 15 is 0 Å². The van der Waals surface area contributed by atoms with Gasteiger partial charge in [-0.05, 0) is 30.5 Å². The lowest BCUT2D eigenvalue weighted by atomic mass is 10.0. The summed E-state index contributed by atoms with van der Waals surface area (Å²) in [6.07, 6.45) is 0.109. The lowest BCUT2D eigenvalue weighted by molar-refractivity contribution is -0.0572. The zero-order valence-electron chi connectivity index (χ0n) is 10.7. The molecule has 19 heavy (non-hydrogen) atoms. The highest BCUT2D eigenvalue weighted by molar-refractivity contribution is 9.10. The molecule has 0 unspecified atom stereocenters. The molecule has 102 valence electrons. The maximum Gasteiger partial charge on any atom is 0.254 e. The zero-order valence-corrected chi connectivity index (χ0v) is 12.3. The standard InChI is InChI=1S/C14H16BrNO3/c1-8-4-9-6-16(12-2-3-19-7-13(12)17)14(18)10(9)5-11(8)15/h4-5,12-13,17H,2-3,6-7H2,1H3/t12-,13-/m0/s1. The lowest BCUT2D eigenvalue weighted by Crippen LogP contribution is -2.49. The van der Waals surface area contributed by atoms with Gasteiger partial charge in [-0.15, -0.1) is 0 Å². The van der Waals surface area contributed by atoms with Crippen LogP contribution >= 0.6 is 15.9 Å². The molecular weight excluding hydrogens is 310 g/mol. The fourth-order valence-electron chi connectivity index (χ4n) is 2.82. The van der Waals surface area contributed by atoms with Crippen molar-refractivity contribution in [3.8, 4) is 0 Å². The molecule has 1 fully saturated rings. The molecule has 0 aliphatic carbocycles. The summed E-state index contributed by atoms with van der Waals surface area (Å²) >= 11 is 3.46. The second-order valence-electron chi connectivity index (χ2n) is 5.19. The molecule has 2 aliphatic rings. The second kappa shape index (κ2) is 4.89. The van der Waals surface area contributed by atoms with Gasteiger partial charge in [0.25, 0.3) is 5.91 Å². The van der Waals surface area contributed by atoms with Crippen LogP contribution in [-0.2, 0) is 11.3 Å². The van der Waals surface area contributed by atoms with E-state index in [0.29, 0.717) is 26.2 Å². The first kappa shape index (κ1) is 13.1.